The first-order valence-corrected chi connectivity index (χ1v) is 10.3. The zero-order valence-electron chi connectivity index (χ0n) is 16.4. The van der Waals surface area contributed by atoms with E-state index in [2.05, 4.69) is 9.97 Å². The smallest absolute Gasteiger partial charge is 0.328 e. The van der Waals surface area contributed by atoms with Gasteiger partial charge in [0, 0.05) is 6.54 Å². The molecule has 1 saturated heterocycles. The SMILES string of the molecule is Cc1nc(C)c(C(=O)N2CCCC2c2nc3ccccc3c(=O)n2CC(F)(F)F)s1. The van der Waals surface area contributed by atoms with Crippen molar-refractivity contribution < 1.29 is 18.0 Å². The zero-order valence-corrected chi connectivity index (χ0v) is 17.2. The second kappa shape index (κ2) is 7.50. The van der Waals surface area contributed by atoms with E-state index in [0.717, 1.165) is 5.01 Å². The minimum atomic E-state index is -4.60. The molecule has 0 aliphatic carbocycles. The molecule has 3 heterocycles. The number of nitrogens with zero attached hydrogens (tertiary/aromatic N) is 4. The molecule has 1 aliphatic heterocycles. The summed E-state index contributed by atoms with van der Waals surface area (Å²) in [4.78, 5) is 36.7. The third-order valence-electron chi connectivity index (χ3n) is 5.14. The lowest BCUT2D eigenvalue weighted by atomic mass is 10.1. The minimum Gasteiger partial charge on any atom is -0.328 e. The Bertz CT molecular complexity index is 1180. The lowest BCUT2D eigenvalue weighted by Crippen LogP contribution is -2.37. The average molecular weight is 436 g/mol. The maximum atomic E-state index is 13.3. The van der Waals surface area contributed by atoms with Crippen molar-refractivity contribution in [2.75, 3.05) is 6.54 Å². The van der Waals surface area contributed by atoms with Crippen LogP contribution in [0.2, 0.25) is 0 Å². The summed E-state index contributed by atoms with van der Waals surface area (Å²) in [5.41, 5.74) is 0.157. The van der Waals surface area contributed by atoms with Gasteiger partial charge in [-0.2, -0.15) is 13.2 Å². The summed E-state index contributed by atoms with van der Waals surface area (Å²) in [6.07, 6.45) is -3.55. The summed E-state index contributed by atoms with van der Waals surface area (Å²) in [7, 11) is 0. The number of fused-ring (bicyclic) bond motifs is 1. The van der Waals surface area contributed by atoms with Crippen molar-refractivity contribution in [3.8, 4) is 0 Å². The number of aryl methyl sites for hydroxylation is 2. The first-order chi connectivity index (χ1) is 14.2. The lowest BCUT2D eigenvalue weighted by Gasteiger charge is -2.27. The number of thiazole rings is 1. The molecule has 0 spiro atoms. The summed E-state index contributed by atoms with van der Waals surface area (Å²) in [5.74, 6) is -0.317. The van der Waals surface area contributed by atoms with Crippen molar-refractivity contribution in [2.45, 2.75) is 45.5 Å². The normalized spacial score (nSPS) is 17.1. The molecule has 1 fully saturated rings. The standard InChI is InChI=1S/C20H19F3N4O2S/c1-11-16(30-12(2)24-11)19(29)26-9-5-8-15(26)17-25-14-7-4-3-6-13(14)18(28)27(17)10-20(21,22)23/h3-4,6-7,15H,5,8-10H2,1-2H3. The van der Waals surface area contributed by atoms with E-state index in [1.807, 2.05) is 0 Å². The van der Waals surface area contributed by atoms with Gasteiger partial charge in [-0.1, -0.05) is 12.1 Å². The number of carbonyl (C=O) groups is 1. The molecular formula is C20H19F3N4O2S. The number of amides is 1. The Morgan fingerprint density at radius 2 is 1.97 bits per heavy atom. The molecule has 1 unspecified atom stereocenters. The number of likely N-dealkylation sites (tertiary alicyclic amines) is 1. The molecule has 1 amide bonds. The first-order valence-electron chi connectivity index (χ1n) is 9.47. The minimum absolute atomic E-state index is 0.0271. The van der Waals surface area contributed by atoms with Crippen molar-refractivity contribution >= 4 is 28.1 Å². The van der Waals surface area contributed by atoms with Crippen molar-refractivity contribution in [1.29, 1.82) is 0 Å². The Kier molecular flexibility index (Phi) is 5.13. The van der Waals surface area contributed by atoms with E-state index in [1.165, 1.54) is 22.3 Å². The third kappa shape index (κ3) is 3.71. The van der Waals surface area contributed by atoms with Gasteiger partial charge >= 0.3 is 6.18 Å². The second-order valence-electron chi connectivity index (χ2n) is 7.30. The van der Waals surface area contributed by atoms with E-state index in [0.29, 0.717) is 40.0 Å². The Labute approximate surface area is 174 Å². The van der Waals surface area contributed by atoms with Crippen LogP contribution in [0.1, 0.15) is 45.1 Å². The molecule has 0 saturated carbocycles. The van der Waals surface area contributed by atoms with Crippen LogP contribution >= 0.6 is 11.3 Å². The number of alkyl halides is 3. The molecule has 6 nitrogen and oxygen atoms in total. The molecule has 1 aliphatic rings. The van der Waals surface area contributed by atoms with Gasteiger partial charge in [-0.05, 0) is 38.8 Å². The van der Waals surface area contributed by atoms with Gasteiger partial charge in [0.2, 0.25) is 0 Å². The predicted octanol–water partition coefficient (Wildman–Crippen LogP) is 4.01. The molecule has 30 heavy (non-hydrogen) atoms. The maximum absolute atomic E-state index is 13.3. The molecule has 4 rings (SSSR count). The molecule has 0 bridgehead atoms. The highest BCUT2D eigenvalue weighted by atomic mass is 32.1. The summed E-state index contributed by atoms with van der Waals surface area (Å²) in [6.45, 7) is 2.46. The van der Waals surface area contributed by atoms with E-state index in [1.54, 1.807) is 32.0 Å². The molecule has 158 valence electrons. The Morgan fingerprint density at radius 3 is 2.63 bits per heavy atom. The predicted molar refractivity (Wildman–Crippen MR) is 107 cm³/mol. The molecule has 1 atom stereocenters. The molecule has 0 N–H and O–H groups in total. The topological polar surface area (TPSA) is 68.1 Å². The number of para-hydroxylation sites is 1. The number of hydrogen-bond acceptors (Lipinski definition) is 5. The van der Waals surface area contributed by atoms with Crippen LogP contribution in [0, 0.1) is 13.8 Å². The first kappa shape index (κ1) is 20.5. The number of carbonyl (C=O) groups excluding carboxylic acids is 1. The summed E-state index contributed by atoms with van der Waals surface area (Å²) >= 11 is 1.26. The molecular weight excluding hydrogens is 417 g/mol. The zero-order chi connectivity index (χ0) is 21.6. The highest BCUT2D eigenvalue weighted by Crippen LogP contribution is 2.34. The van der Waals surface area contributed by atoms with Crippen LogP contribution in [-0.2, 0) is 6.54 Å². The maximum Gasteiger partial charge on any atom is 0.406 e. The lowest BCUT2D eigenvalue weighted by molar-refractivity contribution is -0.141. The molecule has 3 aromatic rings. The van der Waals surface area contributed by atoms with E-state index in [9.17, 15) is 22.8 Å². The van der Waals surface area contributed by atoms with Gasteiger partial charge in [-0.3, -0.25) is 14.2 Å². The molecule has 1 aromatic carbocycles. The summed E-state index contributed by atoms with van der Waals surface area (Å²) in [6, 6.07) is 5.61. The average Bonchev–Trinajstić information content (AvgIpc) is 3.28. The number of halogens is 3. The van der Waals surface area contributed by atoms with Crippen molar-refractivity contribution in [3.05, 3.63) is 56.0 Å². The van der Waals surface area contributed by atoms with E-state index < -0.39 is 24.3 Å². The van der Waals surface area contributed by atoms with Gasteiger partial charge in [0.25, 0.3) is 11.5 Å². The van der Waals surface area contributed by atoms with Crippen LogP contribution < -0.4 is 5.56 Å². The van der Waals surface area contributed by atoms with Gasteiger partial charge < -0.3 is 4.90 Å². The highest BCUT2D eigenvalue weighted by Gasteiger charge is 2.38. The van der Waals surface area contributed by atoms with E-state index >= 15 is 0 Å². The fourth-order valence-corrected chi connectivity index (χ4v) is 4.79. The van der Waals surface area contributed by atoms with Gasteiger partial charge in [-0.15, -0.1) is 11.3 Å². The number of hydrogen-bond donors (Lipinski definition) is 0. The Morgan fingerprint density at radius 1 is 1.23 bits per heavy atom. The molecule has 2 aromatic heterocycles. The van der Waals surface area contributed by atoms with Crippen LogP contribution in [-0.4, -0.2) is 38.1 Å². The number of benzene rings is 1. The Balaban J connectivity index is 1.84. The van der Waals surface area contributed by atoms with Crippen molar-refractivity contribution in [2.24, 2.45) is 0 Å². The number of rotatable bonds is 3. The quantitative estimate of drug-likeness (QED) is 0.622. The van der Waals surface area contributed by atoms with Gasteiger partial charge in [0.1, 0.15) is 17.2 Å². The van der Waals surface area contributed by atoms with Gasteiger partial charge in [-0.25, -0.2) is 9.97 Å². The fraction of sp³-hybridized carbons (Fsp3) is 0.400. The van der Waals surface area contributed by atoms with E-state index in [-0.39, 0.29) is 17.1 Å². The Hall–Kier alpha value is -2.75. The number of aromatic nitrogens is 3. The third-order valence-corrected chi connectivity index (χ3v) is 6.20. The van der Waals surface area contributed by atoms with Gasteiger partial charge in [0.05, 0.1) is 27.6 Å². The fourth-order valence-electron chi connectivity index (χ4n) is 3.91. The summed E-state index contributed by atoms with van der Waals surface area (Å²) in [5, 5.41) is 0.861. The van der Waals surface area contributed by atoms with Crippen LogP contribution in [0.3, 0.4) is 0 Å². The monoisotopic (exact) mass is 436 g/mol. The van der Waals surface area contributed by atoms with Gasteiger partial charge in [0.15, 0.2) is 0 Å². The second-order valence-corrected chi connectivity index (χ2v) is 8.50. The largest absolute Gasteiger partial charge is 0.406 e. The summed E-state index contributed by atoms with van der Waals surface area (Å²) < 4.78 is 40.5. The van der Waals surface area contributed by atoms with Crippen LogP contribution in [0.4, 0.5) is 13.2 Å². The van der Waals surface area contributed by atoms with Crippen molar-refractivity contribution in [1.82, 2.24) is 19.4 Å². The molecule has 0 radical (unpaired) electrons. The molecule has 10 heteroatoms. The van der Waals surface area contributed by atoms with Crippen molar-refractivity contribution in [3.63, 3.8) is 0 Å². The van der Waals surface area contributed by atoms with Crippen LogP contribution in [0.5, 0.6) is 0 Å². The van der Waals surface area contributed by atoms with Crippen LogP contribution in [0.25, 0.3) is 10.9 Å². The highest BCUT2D eigenvalue weighted by molar-refractivity contribution is 7.13. The van der Waals surface area contributed by atoms with Crippen LogP contribution in [0.15, 0.2) is 29.1 Å². The van der Waals surface area contributed by atoms with E-state index in [4.69, 9.17) is 0 Å².